The lowest BCUT2D eigenvalue weighted by Gasteiger charge is -2.47. The third-order valence-corrected chi connectivity index (χ3v) is 7.17. The largest absolute Gasteiger partial charge is 0.326 e. The highest BCUT2D eigenvalue weighted by atomic mass is 16.2. The Balaban J connectivity index is 1.59. The highest BCUT2D eigenvalue weighted by molar-refractivity contribution is 6.03. The lowest BCUT2D eigenvalue weighted by atomic mass is 9.62. The third-order valence-electron chi connectivity index (χ3n) is 7.17. The highest BCUT2D eigenvalue weighted by Crippen LogP contribution is 2.60. The minimum Gasteiger partial charge on any atom is -0.326 e. The number of likely N-dealkylation sites (tertiary alicyclic amines) is 1. The molecule has 1 N–H and O–H groups in total. The monoisotopic (exact) mass is 370 g/mol. The second-order valence-electron chi connectivity index (χ2n) is 8.84. The molecule has 5 nitrogen and oxygen atoms in total. The fraction of sp³-hybridized carbons (Fsp3) is 0.591. The van der Waals surface area contributed by atoms with Gasteiger partial charge in [0, 0.05) is 24.6 Å². The number of aryl methyl sites for hydroxylation is 1. The van der Waals surface area contributed by atoms with E-state index in [2.05, 4.69) is 5.32 Å². The molecule has 5 heteroatoms. The van der Waals surface area contributed by atoms with Crippen molar-refractivity contribution in [3.63, 3.8) is 0 Å². The van der Waals surface area contributed by atoms with Crippen LogP contribution in [0, 0.1) is 30.6 Å². The summed E-state index contributed by atoms with van der Waals surface area (Å²) in [6.45, 7) is 10.4. The van der Waals surface area contributed by atoms with Gasteiger partial charge >= 0.3 is 0 Å². The van der Waals surface area contributed by atoms with Crippen LogP contribution in [0.3, 0.4) is 0 Å². The van der Waals surface area contributed by atoms with Gasteiger partial charge < -0.3 is 5.32 Å². The van der Waals surface area contributed by atoms with E-state index in [1.54, 1.807) is 0 Å². The number of piperidine rings is 1. The predicted octanol–water partition coefficient (Wildman–Crippen LogP) is 3.83. The van der Waals surface area contributed by atoms with Crippen LogP contribution in [0.1, 0.15) is 57.6 Å². The Morgan fingerprint density at radius 1 is 1.22 bits per heavy atom. The fourth-order valence-corrected chi connectivity index (χ4v) is 4.61. The average molecular weight is 370 g/mol. The minimum atomic E-state index is -0.480. The van der Waals surface area contributed by atoms with Gasteiger partial charge in [0.2, 0.25) is 17.7 Å². The minimum absolute atomic E-state index is 0.0603. The SMILES string of the molecule is Cc1cccc(NC(=O)CCCN2C(=O)C3CCC(C)(C2=O)C3(C)C)c1C. The Bertz CT molecular complexity index is 799. The van der Waals surface area contributed by atoms with Gasteiger partial charge in [-0.2, -0.15) is 0 Å². The number of rotatable bonds is 5. The number of hydrogen-bond donors (Lipinski definition) is 1. The van der Waals surface area contributed by atoms with Gasteiger partial charge in [-0.3, -0.25) is 19.3 Å². The van der Waals surface area contributed by atoms with Crippen LogP contribution in [0.4, 0.5) is 5.69 Å². The van der Waals surface area contributed by atoms with Crippen LogP contribution < -0.4 is 5.32 Å². The molecule has 1 saturated carbocycles. The van der Waals surface area contributed by atoms with Crippen molar-refractivity contribution in [2.45, 2.75) is 60.3 Å². The number of nitrogens with zero attached hydrogens (tertiary/aromatic N) is 1. The van der Waals surface area contributed by atoms with E-state index in [0.717, 1.165) is 29.7 Å². The highest BCUT2D eigenvalue weighted by Gasteiger charge is 2.64. The summed E-state index contributed by atoms with van der Waals surface area (Å²) in [5.41, 5.74) is 2.23. The number of imide groups is 1. The number of benzene rings is 1. The molecule has 1 aliphatic heterocycles. The van der Waals surface area contributed by atoms with Crippen LogP contribution in [0.15, 0.2) is 18.2 Å². The first kappa shape index (κ1) is 19.6. The molecule has 2 bridgehead atoms. The summed E-state index contributed by atoms with van der Waals surface area (Å²) in [7, 11) is 0. The van der Waals surface area contributed by atoms with Crippen molar-refractivity contribution in [3.05, 3.63) is 29.3 Å². The van der Waals surface area contributed by atoms with Crippen LogP contribution in [0.2, 0.25) is 0 Å². The van der Waals surface area contributed by atoms with Crippen molar-refractivity contribution < 1.29 is 14.4 Å². The maximum Gasteiger partial charge on any atom is 0.235 e. The van der Waals surface area contributed by atoms with E-state index >= 15 is 0 Å². The second-order valence-corrected chi connectivity index (χ2v) is 8.84. The number of hydrogen-bond acceptors (Lipinski definition) is 3. The van der Waals surface area contributed by atoms with Crippen LogP contribution in [-0.4, -0.2) is 29.2 Å². The lowest BCUT2D eigenvalue weighted by molar-refractivity contribution is -0.168. The van der Waals surface area contributed by atoms with Gasteiger partial charge in [-0.05, 0) is 55.7 Å². The Hall–Kier alpha value is -2.17. The molecule has 3 rings (SSSR count). The van der Waals surface area contributed by atoms with Crippen molar-refractivity contribution in [2.24, 2.45) is 16.7 Å². The normalized spacial score (nSPS) is 26.4. The van der Waals surface area contributed by atoms with Gasteiger partial charge in [0.05, 0.1) is 5.41 Å². The number of amides is 3. The van der Waals surface area contributed by atoms with Crippen molar-refractivity contribution in [1.29, 1.82) is 0 Å². The van der Waals surface area contributed by atoms with Gasteiger partial charge in [0.15, 0.2) is 0 Å². The van der Waals surface area contributed by atoms with E-state index < -0.39 is 5.41 Å². The Labute approximate surface area is 161 Å². The van der Waals surface area contributed by atoms with Gasteiger partial charge in [-0.25, -0.2) is 0 Å². The molecule has 2 fully saturated rings. The fourth-order valence-electron chi connectivity index (χ4n) is 4.61. The smallest absolute Gasteiger partial charge is 0.235 e. The van der Waals surface area contributed by atoms with Crippen molar-refractivity contribution in [2.75, 3.05) is 11.9 Å². The first-order valence-electron chi connectivity index (χ1n) is 9.81. The zero-order chi connectivity index (χ0) is 20.0. The van der Waals surface area contributed by atoms with E-state index in [1.165, 1.54) is 4.90 Å². The lowest BCUT2D eigenvalue weighted by Crippen LogP contribution is -2.59. The molecule has 1 aromatic carbocycles. The number of nitrogens with one attached hydrogen (secondary N) is 1. The third kappa shape index (κ3) is 3.07. The second kappa shape index (κ2) is 6.77. The predicted molar refractivity (Wildman–Crippen MR) is 105 cm³/mol. The van der Waals surface area contributed by atoms with Crippen LogP contribution in [0.5, 0.6) is 0 Å². The van der Waals surface area contributed by atoms with Crippen LogP contribution >= 0.6 is 0 Å². The zero-order valence-corrected chi connectivity index (χ0v) is 17.0. The molecule has 0 spiro atoms. The van der Waals surface area contributed by atoms with Crippen molar-refractivity contribution in [3.8, 4) is 0 Å². The summed E-state index contributed by atoms with van der Waals surface area (Å²) in [6.07, 6.45) is 2.31. The van der Waals surface area contributed by atoms with Crippen LogP contribution in [-0.2, 0) is 14.4 Å². The van der Waals surface area contributed by atoms with E-state index in [4.69, 9.17) is 0 Å². The van der Waals surface area contributed by atoms with E-state index in [0.29, 0.717) is 13.0 Å². The topological polar surface area (TPSA) is 66.5 Å². The molecule has 27 heavy (non-hydrogen) atoms. The maximum absolute atomic E-state index is 13.0. The standard InChI is InChI=1S/C22H30N2O3/c1-14-8-6-9-17(15(14)2)23-18(25)10-7-13-24-19(26)16-11-12-22(5,20(24)27)21(16,3)4/h6,8-9,16H,7,10-13H2,1-5H3,(H,23,25). The maximum atomic E-state index is 13.0. The summed E-state index contributed by atoms with van der Waals surface area (Å²) < 4.78 is 0. The van der Waals surface area contributed by atoms with E-state index in [-0.39, 0.29) is 35.5 Å². The molecule has 1 saturated heterocycles. The summed E-state index contributed by atoms with van der Waals surface area (Å²) in [5, 5.41) is 2.93. The number of carbonyl (C=O) groups excluding carboxylic acids is 3. The molecule has 2 unspecified atom stereocenters. The molecule has 0 radical (unpaired) electrons. The van der Waals surface area contributed by atoms with Crippen molar-refractivity contribution in [1.82, 2.24) is 4.90 Å². The van der Waals surface area contributed by atoms with Gasteiger partial charge in [-0.15, -0.1) is 0 Å². The average Bonchev–Trinajstić information content (AvgIpc) is 2.79. The molecule has 3 amide bonds. The first-order chi connectivity index (χ1) is 12.6. The molecule has 0 aromatic heterocycles. The van der Waals surface area contributed by atoms with Gasteiger partial charge in [-0.1, -0.05) is 32.9 Å². The molecule has 1 aliphatic carbocycles. The Morgan fingerprint density at radius 3 is 2.63 bits per heavy atom. The quantitative estimate of drug-likeness (QED) is 0.801. The summed E-state index contributed by atoms with van der Waals surface area (Å²) in [5.74, 6) is -0.310. The van der Waals surface area contributed by atoms with Crippen LogP contribution in [0.25, 0.3) is 0 Å². The summed E-state index contributed by atoms with van der Waals surface area (Å²) in [4.78, 5) is 39.5. The molecular weight excluding hydrogens is 340 g/mol. The van der Waals surface area contributed by atoms with E-state index in [1.807, 2.05) is 52.8 Å². The van der Waals surface area contributed by atoms with Crippen molar-refractivity contribution >= 4 is 23.4 Å². The molecule has 2 aliphatic rings. The molecular formula is C22H30N2O3. The number of anilines is 1. The molecule has 1 aromatic rings. The van der Waals surface area contributed by atoms with Gasteiger partial charge in [0.25, 0.3) is 0 Å². The Morgan fingerprint density at radius 2 is 1.93 bits per heavy atom. The summed E-state index contributed by atoms with van der Waals surface area (Å²) >= 11 is 0. The zero-order valence-electron chi connectivity index (χ0n) is 17.0. The molecule has 2 atom stereocenters. The number of carbonyl (C=O) groups is 3. The summed E-state index contributed by atoms with van der Waals surface area (Å²) in [6, 6.07) is 5.81. The molecule has 146 valence electrons. The van der Waals surface area contributed by atoms with Gasteiger partial charge in [0.1, 0.15) is 0 Å². The number of fused-ring (bicyclic) bond motifs is 2. The molecule has 1 heterocycles. The first-order valence-corrected chi connectivity index (χ1v) is 9.81. The van der Waals surface area contributed by atoms with E-state index in [9.17, 15) is 14.4 Å². The Kier molecular flexibility index (Phi) is 4.91.